The molecule has 2 heteroatoms. The quantitative estimate of drug-likeness (QED) is 0.414. The van der Waals surface area contributed by atoms with Gasteiger partial charge in [0.2, 0.25) is 0 Å². The molecule has 0 aliphatic rings. The normalized spacial score (nSPS) is 12.0. The number of aromatic nitrogens is 1. The minimum Gasteiger partial charge on any atom is -0.456 e. The average molecular weight is 256 g/mol. The van der Waals surface area contributed by atoms with Crippen molar-refractivity contribution in [1.82, 2.24) is 4.98 Å². The number of furan rings is 1. The van der Waals surface area contributed by atoms with Crippen LogP contribution in [0.5, 0.6) is 0 Å². The van der Waals surface area contributed by atoms with Crippen molar-refractivity contribution in [3.8, 4) is 0 Å². The maximum absolute atomic E-state index is 5.91. The first-order valence-corrected chi connectivity index (χ1v) is 6.64. The Kier molecular flexibility index (Phi) is 1.73. The number of hydrogen-bond donors (Lipinski definition) is 1. The van der Waals surface area contributed by atoms with Crippen LogP contribution in [0, 0.1) is 6.07 Å². The van der Waals surface area contributed by atoms with Gasteiger partial charge in [0, 0.05) is 21.7 Å². The highest BCUT2D eigenvalue weighted by molar-refractivity contribution is 6.23. The third-order valence-electron chi connectivity index (χ3n) is 3.93. The monoisotopic (exact) mass is 256 g/mol. The zero-order valence-corrected chi connectivity index (χ0v) is 10.6. The lowest BCUT2D eigenvalue weighted by Crippen LogP contribution is -1.71. The van der Waals surface area contributed by atoms with Gasteiger partial charge in [0.1, 0.15) is 11.2 Å². The molecule has 0 saturated carbocycles. The van der Waals surface area contributed by atoms with E-state index in [1.54, 1.807) is 0 Å². The second kappa shape index (κ2) is 3.42. The molecule has 93 valence electrons. The number of rotatable bonds is 0. The molecule has 0 atom stereocenters. The third-order valence-corrected chi connectivity index (χ3v) is 3.93. The van der Waals surface area contributed by atoms with E-state index in [4.69, 9.17) is 4.42 Å². The molecule has 5 aromatic rings. The fraction of sp³-hybridized carbons (Fsp3) is 0. The predicted octanol–water partition coefficient (Wildman–Crippen LogP) is 5.02. The van der Waals surface area contributed by atoms with E-state index in [9.17, 15) is 0 Å². The van der Waals surface area contributed by atoms with Crippen LogP contribution >= 0.6 is 0 Å². The predicted molar refractivity (Wildman–Crippen MR) is 81.9 cm³/mol. The summed E-state index contributed by atoms with van der Waals surface area (Å²) in [6.07, 6.45) is 0. The molecule has 0 bridgehead atoms. The molecule has 0 amide bonds. The summed E-state index contributed by atoms with van der Waals surface area (Å²) in [5.41, 5.74) is 4.07. The van der Waals surface area contributed by atoms with Crippen LogP contribution in [0.2, 0.25) is 0 Å². The molecule has 1 radical (unpaired) electrons. The van der Waals surface area contributed by atoms with Gasteiger partial charge in [-0.3, -0.25) is 0 Å². The van der Waals surface area contributed by atoms with Crippen LogP contribution in [-0.4, -0.2) is 4.98 Å². The van der Waals surface area contributed by atoms with Crippen LogP contribution < -0.4 is 0 Å². The number of fused-ring (bicyclic) bond motifs is 7. The molecule has 1 N–H and O–H groups in total. The summed E-state index contributed by atoms with van der Waals surface area (Å²) in [6.45, 7) is 0. The van der Waals surface area contributed by atoms with Crippen molar-refractivity contribution in [2.75, 3.05) is 0 Å². The van der Waals surface area contributed by atoms with Crippen molar-refractivity contribution >= 4 is 43.7 Å². The maximum Gasteiger partial charge on any atom is 0.137 e. The lowest BCUT2D eigenvalue weighted by molar-refractivity contribution is 0.669. The lowest BCUT2D eigenvalue weighted by atomic mass is 10.1. The Hall–Kier alpha value is -2.74. The van der Waals surface area contributed by atoms with E-state index < -0.39 is 0 Å². The minimum atomic E-state index is 0.883. The van der Waals surface area contributed by atoms with Gasteiger partial charge in [0.15, 0.2) is 0 Å². The number of para-hydroxylation sites is 1. The van der Waals surface area contributed by atoms with E-state index in [0.29, 0.717) is 0 Å². The Bertz CT molecular complexity index is 1100. The molecule has 0 aliphatic carbocycles. The Labute approximate surface area is 114 Å². The molecule has 2 nitrogen and oxygen atoms in total. The topological polar surface area (TPSA) is 28.9 Å². The van der Waals surface area contributed by atoms with Crippen LogP contribution in [0.25, 0.3) is 43.7 Å². The first-order chi connectivity index (χ1) is 9.92. The molecule has 0 unspecified atom stereocenters. The van der Waals surface area contributed by atoms with Crippen molar-refractivity contribution in [2.24, 2.45) is 0 Å². The summed E-state index contributed by atoms with van der Waals surface area (Å²) in [5, 5.41) is 4.64. The number of aromatic amines is 1. The Morgan fingerprint density at radius 3 is 2.80 bits per heavy atom. The summed E-state index contributed by atoms with van der Waals surface area (Å²) in [6, 6.07) is 21.7. The van der Waals surface area contributed by atoms with Crippen molar-refractivity contribution in [3.05, 3.63) is 60.7 Å². The summed E-state index contributed by atoms with van der Waals surface area (Å²) in [5.74, 6) is 0. The zero-order chi connectivity index (χ0) is 13.1. The molecular weight excluding hydrogens is 246 g/mol. The van der Waals surface area contributed by atoms with Gasteiger partial charge in [-0.2, -0.15) is 0 Å². The van der Waals surface area contributed by atoms with Crippen LogP contribution in [0.1, 0.15) is 0 Å². The molecule has 2 aromatic heterocycles. The largest absolute Gasteiger partial charge is 0.456 e. The molecule has 0 spiro atoms. The second-order valence-corrected chi connectivity index (χ2v) is 5.04. The van der Waals surface area contributed by atoms with Gasteiger partial charge < -0.3 is 9.40 Å². The minimum absolute atomic E-state index is 0.883. The number of benzene rings is 3. The highest BCUT2D eigenvalue weighted by Crippen LogP contribution is 2.36. The van der Waals surface area contributed by atoms with Crippen molar-refractivity contribution in [2.45, 2.75) is 0 Å². The summed E-state index contributed by atoms with van der Waals surface area (Å²) >= 11 is 0. The van der Waals surface area contributed by atoms with Crippen LogP contribution in [-0.2, 0) is 0 Å². The fourth-order valence-electron chi connectivity index (χ4n) is 3.05. The summed E-state index contributed by atoms with van der Waals surface area (Å²) < 4.78 is 5.91. The van der Waals surface area contributed by atoms with Gasteiger partial charge in [0.05, 0.1) is 10.9 Å². The third kappa shape index (κ3) is 1.14. The SMILES string of the molecule is [c]1cccc2oc3ccc4c5ccccc5[nH]c4c3c12. The first-order valence-electron chi connectivity index (χ1n) is 6.64. The fourth-order valence-corrected chi connectivity index (χ4v) is 3.05. The number of hydrogen-bond acceptors (Lipinski definition) is 1. The second-order valence-electron chi connectivity index (χ2n) is 5.04. The summed E-state index contributed by atoms with van der Waals surface area (Å²) in [4.78, 5) is 3.52. The average Bonchev–Trinajstić information content (AvgIpc) is 3.04. The highest BCUT2D eigenvalue weighted by Gasteiger charge is 2.13. The van der Waals surface area contributed by atoms with Gasteiger partial charge in [-0.15, -0.1) is 0 Å². The Morgan fingerprint density at radius 2 is 1.80 bits per heavy atom. The first kappa shape index (κ1) is 10.1. The molecule has 0 saturated heterocycles. The lowest BCUT2D eigenvalue weighted by Gasteiger charge is -1.93. The van der Waals surface area contributed by atoms with Crippen molar-refractivity contribution < 1.29 is 4.42 Å². The molecule has 0 fully saturated rings. The summed E-state index contributed by atoms with van der Waals surface area (Å²) in [7, 11) is 0. The van der Waals surface area contributed by atoms with Crippen molar-refractivity contribution in [3.63, 3.8) is 0 Å². The van der Waals surface area contributed by atoms with E-state index in [-0.39, 0.29) is 0 Å². The number of nitrogens with one attached hydrogen (secondary N) is 1. The van der Waals surface area contributed by atoms with E-state index >= 15 is 0 Å². The van der Waals surface area contributed by atoms with Crippen LogP contribution in [0.3, 0.4) is 0 Å². The standard InChI is InChI=1S/C18H10NO/c1-3-7-14-11(5-1)12-9-10-16-17(18(12)19-14)13-6-2-4-8-15(13)20-16/h1-5,7-10,19H. The molecular formula is C18H10NO. The van der Waals surface area contributed by atoms with Gasteiger partial charge >= 0.3 is 0 Å². The van der Waals surface area contributed by atoms with Gasteiger partial charge in [-0.1, -0.05) is 30.3 Å². The molecule has 3 aromatic carbocycles. The van der Waals surface area contributed by atoms with E-state index in [1.807, 2.05) is 24.3 Å². The van der Waals surface area contributed by atoms with Crippen LogP contribution in [0.4, 0.5) is 0 Å². The van der Waals surface area contributed by atoms with E-state index in [2.05, 4.69) is 41.4 Å². The Balaban J connectivity index is 2.14. The smallest absolute Gasteiger partial charge is 0.137 e. The zero-order valence-electron chi connectivity index (χ0n) is 10.6. The van der Waals surface area contributed by atoms with E-state index in [0.717, 1.165) is 33.0 Å². The van der Waals surface area contributed by atoms with Gasteiger partial charge in [-0.25, -0.2) is 0 Å². The molecule has 5 rings (SSSR count). The van der Waals surface area contributed by atoms with E-state index in [1.165, 1.54) is 10.8 Å². The molecule has 0 aliphatic heterocycles. The van der Waals surface area contributed by atoms with Crippen LogP contribution in [0.15, 0.2) is 59.0 Å². The number of H-pyrrole nitrogens is 1. The highest BCUT2D eigenvalue weighted by atomic mass is 16.3. The molecule has 2 heterocycles. The van der Waals surface area contributed by atoms with Gasteiger partial charge in [-0.05, 0) is 30.3 Å². The Morgan fingerprint density at radius 1 is 0.850 bits per heavy atom. The maximum atomic E-state index is 5.91. The van der Waals surface area contributed by atoms with Crippen molar-refractivity contribution in [1.29, 1.82) is 0 Å². The van der Waals surface area contributed by atoms with Gasteiger partial charge in [0.25, 0.3) is 0 Å². The molecule has 20 heavy (non-hydrogen) atoms.